The molecule has 12 heteroatoms. The normalized spacial score (nSPS) is 12.0. The first-order valence-corrected chi connectivity index (χ1v) is 11.8. The molecular weight excluding hydrogens is 482 g/mol. The van der Waals surface area contributed by atoms with Crippen LogP contribution in [0.4, 0.5) is 11.5 Å². The van der Waals surface area contributed by atoms with Crippen molar-refractivity contribution < 1.29 is 18.7 Å². The number of fused-ring (bicyclic) bond motifs is 1. The number of nitrogens with zero attached hydrogens (tertiary/aromatic N) is 5. The number of carbonyl (C=O) groups excluding carboxylic acids is 1. The summed E-state index contributed by atoms with van der Waals surface area (Å²) in [4.78, 5) is 20.1. The number of hydrogen-bond donors (Lipinski definition) is 4. The van der Waals surface area contributed by atoms with Crippen LogP contribution in [0.2, 0.25) is 0 Å². The fourth-order valence-corrected chi connectivity index (χ4v) is 3.94. The number of phenols is 1. The lowest BCUT2D eigenvalue weighted by Gasteiger charge is -2.15. The predicted octanol–water partition coefficient (Wildman–Crippen LogP) is 3.02. The molecule has 4 rings (SSSR count). The standard InChI is InChI=1S/C24H23N7O4S/c1-2-20(33)28-18-12-17(13-19(32)14-18)22-21-23(25)26-15-27-24(21)31(29-22)11-10-30(36(34)35)9-8-16-6-4-3-5-7-16/h2-9,12-15,32H,1,10-11H2,(H,28,33)(H,34,35)(H2,25,26,27). The first kappa shape index (κ1) is 24.6. The third-order valence-electron chi connectivity index (χ3n) is 5.17. The molecule has 2 aromatic carbocycles. The highest BCUT2D eigenvalue weighted by Crippen LogP contribution is 2.34. The van der Waals surface area contributed by atoms with Crippen LogP contribution in [0, 0.1) is 0 Å². The molecule has 0 saturated carbocycles. The van der Waals surface area contributed by atoms with Crippen LogP contribution in [0.25, 0.3) is 28.4 Å². The maximum absolute atomic E-state index is 11.9. The molecule has 0 aliphatic rings. The Morgan fingerprint density at radius 3 is 2.72 bits per heavy atom. The number of benzene rings is 2. The van der Waals surface area contributed by atoms with Gasteiger partial charge in [0.25, 0.3) is 11.3 Å². The summed E-state index contributed by atoms with van der Waals surface area (Å²) >= 11 is -2.26. The summed E-state index contributed by atoms with van der Waals surface area (Å²) in [6.45, 7) is 3.75. The van der Waals surface area contributed by atoms with E-state index in [0.29, 0.717) is 28.0 Å². The number of nitrogens with one attached hydrogen (secondary N) is 1. The van der Waals surface area contributed by atoms with Gasteiger partial charge in [-0.1, -0.05) is 36.9 Å². The zero-order chi connectivity index (χ0) is 25.7. The zero-order valence-corrected chi connectivity index (χ0v) is 19.8. The van der Waals surface area contributed by atoms with Crippen molar-refractivity contribution in [3.8, 4) is 17.0 Å². The van der Waals surface area contributed by atoms with E-state index in [9.17, 15) is 18.7 Å². The van der Waals surface area contributed by atoms with E-state index < -0.39 is 17.2 Å². The Labute approximate surface area is 209 Å². The van der Waals surface area contributed by atoms with E-state index in [4.69, 9.17) is 5.73 Å². The van der Waals surface area contributed by atoms with E-state index in [1.807, 2.05) is 30.3 Å². The lowest BCUT2D eigenvalue weighted by Crippen LogP contribution is -2.24. The Morgan fingerprint density at radius 1 is 1.22 bits per heavy atom. The van der Waals surface area contributed by atoms with Crippen molar-refractivity contribution in [3.63, 3.8) is 0 Å². The third-order valence-corrected chi connectivity index (χ3v) is 5.87. The van der Waals surface area contributed by atoms with Crippen molar-refractivity contribution in [2.24, 2.45) is 0 Å². The number of nitrogens with two attached hydrogens (primary N) is 1. The monoisotopic (exact) mass is 505 g/mol. The Morgan fingerprint density at radius 2 is 2.00 bits per heavy atom. The molecule has 0 bridgehead atoms. The van der Waals surface area contributed by atoms with Gasteiger partial charge in [-0.2, -0.15) is 5.10 Å². The first-order chi connectivity index (χ1) is 17.4. The average Bonchev–Trinajstić information content (AvgIpc) is 3.24. The number of amides is 1. The van der Waals surface area contributed by atoms with Crippen LogP contribution in [-0.4, -0.2) is 50.4 Å². The number of aromatic hydroxyl groups is 1. The van der Waals surface area contributed by atoms with Crippen LogP contribution < -0.4 is 11.1 Å². The topological polar surface area (TPSA) is 159 Å². The summed E-state index contributed by atoms with van der Waals surface area (Å²) < 4.78 is 24.5. The van der Waals surface area contributed by atoms with Gasteiger partial charge in [0.2, 0.25) is 5.91 Å². The maximum atomic E-state index is 11.9. The average molecular weight is 506 g/mol. The Kier molecular flexibility index (Phi) is 7.37. The van der Waals surface area contributed by atoms with Gasteiger partial charge in [-0.3, -0.25) is 13.7 Å². The summed E-state index contributed by atoms with van der Waals surface area (Å²) in [6.07, 6.45) is 5.68. The number of carbonyl (C=O) groups is 1. The highest BCUT2D eigenvalue weighted by atomic mass is 32.2. The summed E-state index contributed by atoms with van der Waals surface area (Å²) in [7, 11) is 0. The minimum absolute atomic E-state index is 0.0992. The number of aromatic nitrogens is 4. The van der Waals surface area contributed by atoms with E-state index in [-0.39, 0.29) is 24.7 Å². The lowest BCUT2D eigenvalue weighted by atomic mass is 10.1. The van der Waals surface area contributed by atoms with Gasteiger partial charge in [0.15, 0.2) is 5.65 Å². The van der Waals surface area contributed by atoms with Gasteiger partial charge in [0, 0.05) is 23.5 Å². The molecule has 4 aromatic rings. The van der Waals surface area contributed by atoms with Crippen LogP contribution in [0.5, 0.6) is 5.75 Å². The van der Waals surface area contributed by atoms with Crippen LogP contribution >= 0.6 is 0 Å². The molecule has 5 N–H and O–H groups in total. The van der Waals surface area contributed by atoms with E-state index in [1.54, 1.807) is 16.8 Å². The molecule has 36 heavy (non-hydrogen) atoms. The van der Waals surface area contributed by atoms with Gasteiger partial charge < -0.3 is 16.2 Å². The number of phenolic OH excluding ortho intramolecular Hbond substituents is 1. The molecule has 0 spiro atoms. The van der Waals surface area contributed by atoms with E-state index >= 15 is 0 Å². The van der Waals surface area contributed by atoms with Crippen molar-refractivity contribution in [3.05, 3.63) is 79.3 Å². The Bertz CT molecular complexity index is 1470. The smallest absolute Gasteiger partial charge is 0.261 e. The summed E-state index contributed by atoms with van der Waals surface area (Å²) in [5.41, 5.74) is 8.61. The number of hydrogen-bond acceptors (Lipinski definition) is 7. The first-order valence-electron chi connectivity index (χ1n) is 10.7. The molecule has 184 valence electrons. The van der Waals surface area contributed by atoms with E-state index in [0.717, 1.165) is 11.6 Å². The molecule has 0 saturated heterocycles. The van der Waals surface area contributed by atoms with Crippen molar-refractivity contribution in [2.75, 3.05) is 17.6 Å². The van der Waals surface area contributed by atoms with Crippen LogP contribution in [0.15, 0.2) is 73.7 Å². The Hall–Kier alpha value is -4.55. The Balaban J connectivity index is 1.67. The highest BCUT2D eigenvalue weighted by molar-refractivity contribution is 7.76. The minimum atomic E-state index is -2.26. The van der Waals surface area contributed by atoms with Crippen molar-refractivity contribution in [1.29, 1.82) is 0 Å². The van der Waals surface area contributed by atoms with E-state index in [1.165, 1.54) is 29.0 Å². The summed E-state index contributed by atoms with van der Waals surface area (Å²) in [5.74, 6) is -0.365. The zero-order valence-electron chi connectivity index (χ0n) is 19.0. The number of nitrogen functional groups attached to an aromatic ring is 1. The predicted molar refractivity (Wildman–Crippen MR) is 139 cm³/mol. The maximum Gasteiger partial charge on any atom is 0.261 e. The highest BCUT2D eigenvalue weighted by Gasteiger charge is 2.19. The molecule has 0 aliphatic heterocycles. The summed E-state index contributed by atoms with van der Waals surface area (Å²) in [5, 5.41) is 17.9. The van der Waals surface area contributed by atoms with Crippen molar-refractivity contribution >= 4 is 45.8 Å². The van der Waals surface area contributed by atoms with Crippen LogP contribution in [0.3, 0.4) is 0 Å². The second kappa shape index (κ2) is 10.8. The van der Waals surface area contributed by atoms with Gasteiger partial charge in [-0.15, -0.1) is 0 Å². The fraction of sp³-hybridized carbons (Fsp3) is 0.0833. The molecule has 1 unspecified atom stereocenters. The van der Waals surface area contributed by atoms with Crippen molar-refractivity contribution in [1.82, 2.24) is 24.1 Å². The van der Waals surface area contributed by atoms with Gasteiger partial charge >= 0.3 is 0 Å². The molecule has 2 aromatic heterocycles. The third kappa shape index (κ3) is 5.56. The largest absolute Gasteiger partial charge is 0.508 e. The lowest BCUT2D eigenvalue weighted by molar-refractivity contribution is -0.111. The summed E-state index contributed by atoms with van der Waals surface area (Å²) in [6, 6.07) is 13.9. The molecule has 0 aliphatic carbocycles. The minimum Gasteiger partial charge on any atom is -0.508 e. The fourth-order valence-electron chi connectivity index (χ4n) is 3.53. The van der Waals surface area contributed by atoms with E-state index in [2.05, 4.69) is 27.0 Å². The van der Waals surface area contributed by atoms with Gasteiger partial charge in [0.05, 0.1) is 18.5 Å². The van der Waals surface area contributed by atoms with Gasteiger partial charge in [0.1, 0.15) is 23.6 Å². The second-order valence-electron chi connectivity index (χ2n) is 7.59. The second-order valence-corrected chi connectivity index (χ2v) is 8.52. The molecule has 2 heterocycles. The number of anilines is 2. The van der Waals surface area contributed by atoms with Crippen LogP contribution in [-0.2, 0) is 22.6 Å². The van der Waals surface area contributed by atoms with Gasteiger partial charge in [-0.25, -0.2) is 18.9 Å². The molecule has 1 atom stereocenters. The van der Waals surface area contributed by atoms with Crippen molar-refractivity contribution in [2.45, 2.75) is 6.54 Å². The molecular formula is C24H23N7O4S. The SMILES string of the molecule is C=CC(=O)Nc1cc(O)cc(-c2nn(CCN(C=Cc3ccccc3)S(=O)O)c3ncnc(N)c23)c1. The molecule has 0 radical (unpaired) electrons. The molecule has 1 amide bonds. The molecule has 11 nitrogen and oxygen atoms in total. The number of rotatable bonds is 9. The molecule has 0 fully saturated rings. The van der Waals surface area contributed by atoms with Gasteiger partial charge in [-0.05, 0) is 29.8 Å². The quantitative estimate of drug-likeness (QED) is 0.199. The van der Waals surface area contributed by atoms with Crippen LogP contribution in [0.1, 0.15) is 5.56 Å².